The first-order valence-electron chi connectivity index (χ1n) is 10.6. The van der Waals surface area contributed by atoms with Crippen molar-refractivity contribution < 1.29 is 9.47 Å². The summed E-state index contributed by atoms with van der Waals surface area (Å²) >= 11 is 1.78. The minimum absolute atomic E-state index is 0.129. The lowest BCUT2D eigenvalue weighted by Gasteiger charge is -2.17. The van der Waals surface area contributed by atoms with Crippen LogP contribution >= 0.6 is 11.8 Å². The second-order valence-electron chi connectivity index (χ2n) is 7.49. The molecule has 0 amide bonds. The van der Waals surface area contributed by atoms with Gasteiger partial charge in [-0.1, -0.05) is 60.7 Å². The number of ether oxygens (including phenoxy) is 2. The molecule has 0 N–H and O–H groups in total. The van der Waals surface area contributed by atoms with Crippen LogP contribution in [0, 0.1) is 6.92 Å². The van der Waals surface area contributed by atoms with Gasteiger partial charge in [-0.15, -0.1) is 11.8 Å². The highest BCUT2D eigenvalue weighted by atomic mass is 32.2. The van der Waals surface area contributed by atoms with Crippen molar-refractivity contribution in [3.63, 3.8) is 0 Å². The Morgan fingerprint density at radius 1 is 0.867 bits per heavy atom. The van der Waals surface area contributed by atoms with E-state index in [0.29, 0.717) is 6.61 Å². The molecule has 0 saturated heterocycles. The number of pyridine rings is 1. The largest absolute Gasteiger partial charge is 0.474 e. The molecule has 158 valence electrons. The minimum atomic E-state index is 0.129. The van der Waals surface area contributed by atoms with Crippen molar-refractivity contribution in [1.82, 2.24) is 4.98 Å². The number of thioether (sulfide) groups is 1. The summed E-state index contributed by atoms with van der Waals surface area (Å²) in [5.74, 6) is 1.67. The van der Waals surface area contributed by atoms with Gasteiger partial charge in [0.25, 0.3) is 0 Å². The van der Waals surface area contributed by atoms with Crippen LogP contribution in [0.3, 0.4) is 0 Å². The summed E-state index contributed by atoms with van der Waals surface area (Å²) in [5, 5.41) is 0. The Balaban J connectivity index is 1.40. The van der Waals surface area contributed by atoms with Crippen molar-refractivity contribution in [2.45, 2.75) is 56.5 Å². The number of benzene rings is 2. The molecule has 0 unspecified atom stereocenters. The van der Waals surface area contributed by atoms with Gasteiger partial charge in [0.15, 0.2) is 0 Å². The summed E-state index contributed by atoms with van der Waals surface area (Å²) in [6, 6.07) is 25.0. The topological polar surface area (TPSA) is 31.4 Å². The smallest absolute Gasteiger partial charge is 0.227 e. The Morgan fingerprint density at radius 3 is 2.30 bits per heavy atom. The average molecular weight is 422 g/mol. The third-order valence-corrected chi connectivity index (χ3v) is 5.87. The van der Waals surface area contributed by atoms with E-state index in [4.69, 9.17) is 9.47 Å². The molecule has 1 aromatic heterocycles. The molecule has 4 heteroatoms. The molecule has 3 nitrogen and oxygen atoms in total. The molecular formula is C26H31NO2S. The Kier molecular flexibility index (Phi) is 9.26. The second kappa shape index (κ2) is 12.4. The van der Waals surface area contributed by atoms with Crippen molar-refractivity contribution in [3.8, 4) is 5.88 Å². The maximum Gasteiger partial charge on any atom is 0.227 e. The third kappa shape index (κ3) is 7.85. The summed E-state index contributed by atoms with van der Waals surface area (Å²) in [6.07, 6.45) is 3.24. The first kappa shape index (κ1) is 22.4. The molecule has 3 rings (SSSR count). The van der Waals surface area contributed by atoms with Gasteiger partial charge in [0.1, 0.15) is 0 Å². The summed E-state index contributed by atoms with van der Waals surface area (Å²) in [6.45, 7) is 5.60. The lowest BCUT2D eigenvalue weighted by Crippen LogP contribution is -2.13. The lowest BCUT2D eigenvalue weighted by molar-refractivity contribution is 0.112. The number of nitrogens with zero attached hydrogens (tertiary/aromatic N) is 1. The van der Waals surface area contributed by atoms with E-state index in [1.165, 1.54) is 11.1 Å². The molecule has 0 bridgehead atoms. The zero-order valence-corrected chi connectivity index (χ0v) is 18.7. The normalized spacial score (nSPS) is 11.9. The van der Waals surface area contributed by atoms with Crippen molar-refractivity contribution >= 4 is 11.8 Å². The molecule has 0 aliphatic rings. The molecule has 2 aromatic carbocycles. The number of hydrogen-bond donors (Lipinski definition) is 0. The first-order chi connectivity index (χ1) is 14.7. The summed E-state index contributed by atoms with van der Waals surface area (Å²) in [7, 11) is 0. The molecule has 1 heterocycles. The average Bonchev–Trinajstić information content (AvgIpc) is 2.77. The third-order valence-electron chi connectivity index (χ3n) is 4.78. The molecule has 0 spiro atoms. The van der Waals surface area contributed by atoms with E-state index in [2.05, 4.69) is 60.4 Å². The Hall–Kier alpha value is -2.30. The van der Waals surface area contributed by atoms with Gasteiger partial charge < -0.3 is 9.47 Å². The number of aromatic nitrogens is 1. The SMILES string of the molecule is Cc1ccc(SCc2ccccc2)c(O[C@H](C)CCCCOCc2ccccc2)n1. The van der Waals surface area contributed by atoms with Crippen molar-refractivity contribution in [2.75, 3.05) is 6.61 Å². The van der Waals surface area contributed by atoms with Gasteiger partial charge in [0.2, 0.25) is 5.88 Å². The van der Waals surface area contributed by atoms with Gasteiger partial charge in [0.05, 0.1) is 17.6 Å². The monoisotopic (exact) mass is 421 g/mol. The van der Waals surface area contributed by atoms with E-state index < -0.39 is 0 Å². The maximum atomic E-state index is 6.22. The van der Waals surface area contributed by atoms with Crippen molar-refractivity contribution in [2.24, 2.45) is 0 Å². The van der Waals surface area contributed by atoms with Crippen molar-refractivity contribution in [3.05, 3.63) is 89.6 Å². The Labute approximate surface area is 184 Å². The van der Waals surface area contributed by atoms with E-state index in [1.54, 1.807) is 11.8 Å². The number of hydrogen-bond acceptors (Lipinski definition) is 4. The molecule has 0 radical (unpaired) electrons. The quantitative estimate of drug-likeness (QED) is 0.237. The van der Waals surface area contributed by atoms with Crippen LogP contribution in [0.15, 0.2) is 77.7 Å². The standard InChI is InChI=1S/C26H31NO2S/c1-21-16-17-25(30-20-24-14-7-4-8-15-24)26(27-21)29-22(2)11-9-10-18-28-19-23-12-5-3-6-13-23/h3-8,12-17,22H,9-11,18-20H2,1-2H3/t22-/m1/s1. The molecule has 0 aliphatic carbocycles. The predicted molar refractivity (Wildman–Crippen MR) is 125 cm³/mol. The van der Waals surface area contributed by atoms with Crippen molar-refractivity contribution in [1.29, 1.82) is 0 Å². The molecule has 0 fully saturated rings. The van der Waals surface area contributed by atoms with E-state index in [-0.39, 0.29) is 6.10 Å². The molecular weight excluding hydrogens is 390 g/mol. The predicted octanol–water partition coefficient (Wildman–Crippen LogP) is 6.84. The highest BCUT2D eigenvalue weighted by Gasteiger charge is 2.11. The van der Waals surface area contributed by atoms with Crippen LogP contribution in [-0.2, 0) is 17.1 Å². The highest BCUT2D eigenvalue weighted by Crippen LogP contribution is 2.31. The first-order valence-corrected chi connectivity index (χ1v) is 11.6. The van der Waals surface area contributed by atoms with Gasteiger partial charge >= 0.3 is 0 Å². The fraction of sp³-hybridized carbons (Fsp3) is 0.346. The lowest BCUT2D eigenvalue weighted by atomic mass is 10.2. The van der Waals surface area contributed by atoms with Gasteiger partial charge in [-0.3, -0.25) is 0 Å². The fourth-order valence-corrected chi connectivity index (χ4v) is 4.00. The van der Waals surface area contributed by atoms with Crippen LogP contribution in [-0.4, -0.2) is 17.7 Å². The highest BCUT2D eigenvalue weighted by molar-refractivity contribution is 7.98. The molecule has 3 aromatic rings. The number of unbranched alkanes of at least 4 members (excludes halogenated alkanes) is 1. The van der Waals surface area contributed by atoms with Crippen LogP contribution in [0.4, 0.5) is 0 Å². The van der Waals surface area contributed by atoms with E-state index in [0.717, 1.165) is 48.1 Å². The maximum absolute atomic E-state index is 6.22. The van der Waals surface area contributed by atoms with Crippen LogP contribution in [0.5, 0.6) is 5.88 Å². The summed E-state index contributed by atoms with van der Waals surface area (Å²) < 4.78 is 12.0. The van der Waals surface area contributed by atoms with Gasteiger partial charge in [0, 0.05) is 18.1 Å². The van der Waals surface area contributed by atoms with Crippen LogP contribution in [0.2, 0.25) is 0 Å². The minimum Gasteiger partial charge on any atom is -0.474 e. The van der Waals surface area contributed by atoms with E-state index >= 15 is 0 Å². The number of aryl methyl sites for hydroxylation is 1. The Bertz CT molecular complexity index is 871. The van der Waals surface area contributed by atoms with E-state index in [9.17, 15) is 0 Å². The van der Waals surface area contributed by atoms with Gasteiger partial charge in [-0.05, 0) is 56.4 Å². The summed E-state index contributed by atoms with van der Waals surface area (Å²) in [5.41, 5.74) is 3.51. The van der Waals surface area contributed by atoms with Crippen LogP contribution < -0.4 is 4.74 Å². The zero-order valence-electron chi connectivity index (χ0n) is 17.9. The molecule has 1 atom stereocenters. The zero-order chi connectivity index (χ0) is 21.0. The van der Waals surface area contributed by atoms with Gasteiger partial charge in [-0.2, -0.15) is 0 Å². The second-order valence-corrected chi connectivity index (χ2v) is 8.51. The van der Waals surface area contributed by atoms with E-state index in [1.807, 2.05) is 31.2 Å². The fourth-order valence-electron chi connectivity index (χ4n) is 3.10. The Morgan fingerprint density at radius 2 is 1.57 bits per heavy atom. The molecule has 0 saturated carbocycles. The van der Waals surface area contributed by atoms with Crippen LogP contribution in [0.1, 0.15) is 43.0 Å². The number of rotatable bonds is 12. The molecule has 0 aliphatic heterocycles. The molecule has 30 heavy (non-hydrogen) atoms. The van der Waals surface area contributed by atoms with Gasteiger partial charge in [-0.25, -0.2) is 4.98 Å². The summed E-state index contributed by atoms with van der Waals surface area (Å²) in [4.78, 5) is 5.75. The van der Waals surface area contributed by atoms with Crippen LogP contribution in [0.25, 0.3) is 0 Å².